The predicted molar refractivity (Wildman–Crippen MR) is 101 cm³/mol. The van der Waals surface area contributed by atoms with Crippen LogP contribution < -0.4 is 4.74 Å². The molecule has 0 aliphatic heterocycles. The molecule has 0 saturated carbocycles. The lowest BCUT2D eigenvalue weighted by Gasteiger charge is -2.09. The van der Waals surface area contributed by atoms with Crippen molar-refractivity contribution in [3.05, 3.63) is 66.2 Å². The molecule has 8 nitrogen and oxygen atoms in total. The Morgan fingerprint density at radius 3 is 2.75 bits per heavy atom. The number of ether oxygens (including phenoxy) is 1. The summed E-state index contributed by atoms with van der Waals surface area (Å²) in [4.78, 5) is 0. The van der Waals surface area contributed by atoms with Crippen LogP contribution in [-0.2, 0) is 6.54 Å². The van der Waals surface area contributed by atoms with E-state index in [1.807, 2.05) is 47.0 Å². The van der Waals surface area contributed by atoms with Crippen molar-refractivity contribution < 1.29 is 9.15 Å². The molecule has 0 saturated heterocycles. The van der Waals surface area contributed by atoms with Crippen molar-refractivity contribution in [3.63, 3.8) is 0 Å². The third-order valence-electron chi connectivity index (χ3n) is 3.89. The minimum atomic E-state index is 0.262. The lowest BCUT2D eigenvalue weighted by atomic mass is 10.2. The second kappa shape index (κ2) is 7.94. The molecule has 0 atom stereocenters. The van der Waals surface area contributed by atoms with Crippen LogP contribution in [0.1, 0.15) is 11.5 Å². The highest BCUT2D eigenvalue weighted by Gasteiger charge is 2.17. The summed E-state index contributed by atoms with van der Waals surface area (Å²) in [5.41, 5.74) is 1.13. The number of aromatic nitrogens is 5. The van der Waals surface area contributed by atoms with Crippen LogP contribution in [-0.4, -0.2) is 32.1 Å². The van der Waals surface area contributed by atoms with E-state index in [0.29, 0.717) is 22.6 Å². The Labute approximate surface area is 164 Å². The van der Waals surface area contributed by atoms with Crippen molar-refractivity contribution in [1.82, 2.24) is 25.0 Å². The van der Waals surface area contributed by atoms with Crippen LogP contribution in [0.2, 0.25) is 0 Å². The van der Waals surface area contributed by atoms with E-state index in [1.165, 1.54) is 11.8 Å². The molecule has 0 fully saturated rings. The molecule has 28 heavy (non-hydrogen) atoms. The first kappa shape index (κ1) is 17.8. The molecule has 3 heterocycles. The van der Waals surface area contributed by atoms with Gasteiger partial charge in [-0.15, -0.1) is 20.4 Å². The van der Waals surface area contributed by atoms with Gasteiger partial charge in [-0.05, 0) is 48.2 Å². The molecule has 0 aliphatic rings. The smallest absolute Gasteiger partial charge is 0.198 e. The highest BCUT2D eigenvalue weighted by molar-refractivity contribution is 7.99. The van der Waals surface area contributed by atoms with Gasteiger partial charge in [0.15, 0.2) is 16.7 Å². The molecule has 0 unspecified atom stereocenters. The van der Waals surface area contributed by atoms with Gasteiger partial charge >= 0.3 is 0 Å². The lowest BCUT2D eigenvalue weighted by molar-refractivity contribution is 0.415. The SMILES string of the molecule is COc1cccc(-c2nnc(Sc3ccc(C#N)nn3)n2Cc2ccco2)c1. The topological polar surface area (TPSA) is 103 Å². The van der Waals surface area contributed by atoms with Gasteiger partial charge in [0.05, 0.1) is 19.9 Å². The fourth-order valence-corrected chi connectivity index (χ4v) is 3.32. The first-order chi connectivity index (χ1) is 13.8. The Bertz CT molecular complexity index is 1120. The normalized spacial score (nSPS) is 10.6. The largest absolute Gasteiger partial charge is 0.497 e. The maximum Gasteiger partial charge on any atom is 0.198 e. The molecule has 0 radical (unpaired) electrons. The fourth-order valence-electron chi connectivity index (χ4n) is 2.57. The molecule has 0 spiro atoms. The zero-order valence-electron chi connectivity index (χ0n) is 14.8. The summed E-state index contributed by atoms with van der Waals surface area (Å²) in [6.07, 6.45) is 1.63. The maximum atomic E-state index is 8.87. The van der Waals surface area contributed by atoms with Crippen LogP contribution in [0.25, 0.3) is 11.4 Å². The van der Waals surface area contributed by atoms with Crippen LogP contribution >= 0.6 is 11.8 Å². The van der Waals surface area contributed by atoms with Crippen molar-refractivity contribution in [2.75, 3.05) is 7.11 Å². The second-order valence-electron chi connectivity index (χ2n) is 5.67. The summed E-state index contributed by atoms with van der Waals surface area (Å²) in [6, 6.07) is 16.7. The fraction of sp³-hybridized carbons (Fsp3) is 0.105. The molecule has 1 aromatic carbocycles. The summed E-state index contributed by atoms with van der Waals surface area (Å²) >= 11 is 1.31. The molecule has 0 N–H and O–H groups in total. The van der Waals surface area contributed by atoms with E-state index in [2.05, 4.69) is 20.4 Å². The zero-order valence-corrected chi connectivity index (χ0v) is 15.6. The van der Waals surface area contributed by atoms with Gasteiger partial charge in [-0.25, -0.2) is 0 Å². The first-order valence-corrected chi connectivity index (χ1v) is 9.10. The number of hydrogen-bond acceptors (Lipinski definition) is 8. The monoisotopic (exact) mass is 390 g/mol. The highest BCUT2D eigenvalue weighted by atomic mass is 32.2. The van der Waals surface area contributed by atoms with Crippen molar-refractivity contribution in [2.45, 2.75) is 16.7 Å². The van der Waals surface area contributed by atoms with Crippen molar-refractivity contribution in [1.29, 1.82) is 5.26 Å². The Hall–Kier alpha value is -3.64. The van der Waals surface area contributed by atoms with Crippen LogP contribution in [0, 0.1) is 11.3 Å². The van der Waals surface area contributed by atoms with Gasteiger partial charge in [-0.3, -0.25) is 4.57 Å². The molecule has 0 aliphatic carbocycles. The summed E-state index contributed by atoms with van der Waals surface area (Å²) in [7, 11) is 1.62. The van der Waals surface area contributed by atoms with Gasteiger partial charge in [0.25, 0.3) is 0 Å². The Kier molecular flexibility index (Phi) is 5.03. The first-order valence-electron chi connectivity index (χ1n) is 8.28. The van der Waals surface area contributed by atoms with E-state index in [1.54, 1.807) is 25.5 Å². The number of benzene rings is 1. The quantitative estimate of drug-likeness (QED) is 0.493. The van der Waals surface area contributed by atoms with Gasteiger partial charge < -0.3 is 9.15 Å². The van der Waals surface area contributed by atoms with Gasteiger partial charge in [-0.2, -0.15) is 5.26 Å². The van der Waals surface area contributed by atoms with Crippen molar-refractivity contribution in [2.24, 2.45) is 0 Å². The third-order valence-corrected chi connectivity index (χ3v) is 4.80. The number of hydrogen-bond donors (Lipinski definition) is 0. The average molecular weight is 390 g/mol. The highest BCUT2D eigenvalue weighted by Crippen LogP contribution is 2.30. The van der Waals surface area contributed by atoms with Gasteiger partial charge in [0.2, 0.25) is 0 Å². The van der Waals surface area contributed by atoms with E-state index in [0.717, 1.165) is 17.1 Å². The minimum Gasteiger partial charge on any atom is -0.497 e. The Morgan fingerprint density at radius 2 is 2.04 bits per heavy atom. The molecule has 0 bridgehead atoms. The van der Waals surface area contributed by atoms with E-state index in [-0.39, 0.29) is 5.69 Å². The van der Waals surface area contributed by atoms with Crippen LogP contribution in [0.5, 0.6) is 5.75 Å². The van der Waals surface area contributed by atoms with Crippen LogP contribution in [0.15, 0.2) is 69.4 Å². The number of furan rings is 1. The molecule has 0 amide bonds. The number of rotatable bonds is 6. The van der Waals surface area contributed by atoms with E-state index < -0.39 is 0 Å². The molecule has 3 aromatic heterocycles. The lowest BCUT2D eigenvalue weighted by Crippen LogP contribution is -2.03. The van der Waals surface area contributed by atoms with Gasteiger partial charge in [0.1, 0.15) is 22.6 Å². The number of methoxy groups -OCH3 is 1. The third kappa shape index (κ3) is 3.72. The number of nitriles is 1. The average Bonchev–Trinajstić information content (AvgIpc) is 3.39. The zero-order chi connectivity index (χ0) is 19.3. The van der Waals surface area contributed by atoms with Crippen molar-refractivity contribution >= 4 is 11.8 Å². The van der Waals surface area contributed by atoms with Crippen molar-refractivity contribution in [3.8, 4) is 23.2 Å². The van der Waals surface area contributed by atoms with Gasteiger partial charge in [-0.1, -0.05) is 12.1 Å². The molecule has 4 rings (SSSR count). The van der Waals surface area contributed by atoms with Crippen LogP contribution in [0.4, 0.5) is 0 Å². The molecular formula is C19H14N6O2S. The van der Waals surface area contributed by atoms with Crippen LogP contribution in [0.3, 0.4) is 0 Å². The Morgan fingerprint density at radius 1 is 1.11 bits per heavy atom. The second-order valence-corrected chi connectivity index (χ2v) is 6.66. The maximum absolute atomic E-state index is 8.87. The molecule has 9 heteroatoms. The van der Waals surface area contributed by atoms with E-state index in [9.17, 15) is 0 Å². The summed E-state index contributed by atoms with van der Waals surface area (Å²) in [5.74, 6) is 2.19. The molecular weight excluding hydrogens is 376 g/mol. The molecule has 4 aromatic rings. The van der Waals surface area contributed by atoms with Gasteiger partial charge in [0, 0.05) is 5.56 Å². The predicted octanol–water partition coefficient (Wildman–Crippen LogP) is 3.41. The Balaban J connectivity index is 1.73. The summed E-state index contributed by atoms with van der Waals surface area (Å²) in [5, 5.41) is 26.7. The summed E-state index contributed by atoms with van der Waals surface area (Å²) in [6.45, 7) is 0.457. The number of nitrogens with zero attached hydrogens (tertiary/aromatic N) is 6. The standard InChI is InChI=1S/C19H14N6O2S/c1-26-15-5-2-4-13(10-15)18-23-24-19(25(18)12-16-6-3-9-27-16)28-17-8-7-14(11-20)21-22-17/h2-10H,12H2,1H3. The molecule has 138 valence electrons. The minimum absolute atomic E-state index is 0.262. The van der Waals surface area contributed by atoms with E-state index in [4.69, 9.17) is 14.4 Å². The summed E-state index contributed by atoms with van der Waals surface area (Å²) < 4.78 is 12.8. The van der Waals surface area contributed by atoms with E-state index >= 15 is 0 Å².